The van der Waals surface area contributed by atoms with Crippen LogP contribution in [-0.4, -0.2) is 25.6 Å². The van der Waals surface area contributed by atoms with Crippen molar-refractivity contribution >= 4 is 12.5 Å². The molecule has 0 bridgehead atoms. The number of carbonyl (C=O) groups is 1. The second kappa shape index (κ2) is 8.62. The van der Waals surface area contributed by atoms with Crippen LogP contribution in [0, 0.1) is 0 Å². The van der Waals surface area contributed by atoms with Crippen molar-refractivity contribution in [3.8, 4) is 0 Å². The number of rotatable bonds is 6. The molecule has 0 aromatic carbocycles. The van der Waals surface area contributed by atoms with Crippen LogP contribution in [0.1, 0.15) is 0 Å². The second-order valence-electron chi connectivity index (χ2n) is 1.74. The van der Waals surface area contributed by atoms with Gasteiger partial charge in [-0.15, -0.1) is 0 Å². The Morgan fingerprint density at radius 1 is 1.55 bits per heavy atom. The van der Waals surface area contributed by atoms with Crippen LogP contribution in [-0.2, 0) is 4.79 Å². The minimum atomic E-state index is 0.690. The summed E-state index contributed by atoms with van der Waals surface area (Å²) in [4.78, 5) is 13.7. The summed E-state index contributed by atoms with van der Waals surface area (Å²) >= 11 is 0. The van der Waals surface area contributed by atoms with Crippen LogP contribution in [0.3, 0.4) is 0 Å². The zero-order chi connectivity index (χ0) is 8.36. The summed E-state index contributed by atoms with van der Waals surface area (Å²) in [5.41, 5.74) is 0. The van der Waals surface area contributed by atoms with E-state index in [9.17, 15) is 4.79 Å². The van der Waals surface area contributed by atoms with E-state index in [1.165, 1.54) is 6.08 Å². The van der Waals surface area contributed by atoms with Crippen molar-refractivity contribution in [2.75, 3.05) is 13.1 Å². The number of hydrogen-bond acceptors (Lipinski definition) is 3. The number of allylic oxidation sites excluding steroid dienone is 2. The topological polar surface area (TPSA) is 41.5 Å². The van der Waals surface area contributed by atoms with Crippen molar-refractivity contribution in [1.82, 2.24) is 5.32 Å². The highest BCUT2D eigenvalue weighted by Crippen LogP contribution is 1.67. The molecule has 1 N–H and O–H groups in total. The van der Waals surface area contributed by atoms with Crippen molar-refractivity contribution in [2.45, 2.75) is 0 Å². The summed E-state index contributed by atoms with van der Waals surface area (Å²) < 4.78 is 0. The summed E-state index contributed by atoms with van der Waals surface area (Å²) in [6.07, 6.45) is 6.99. The van der Waals surface area contributed by atoms with E-state index < -0.39 is 0 Å². The van der Waals surface area contributed by atoms with E-state index in [2.05, 4.69) is 16.9 Å². The van der Waals surface area contributed by atoms with Crippen LogP contribution in [0.15, 0.2) is 29.9 Å². The van der Waals surface area contributed by atoms with Crippen LogP contribution >= 0.6 is 0 Å². The third-order valence-corrected chi connectivity index (χ3v) is 0.889. The third kappa shape index (κ3) is 8.62. The first kappa shape index (κ1) is 9.62. The summed E-state index contributed by atoms with van der Waals surface area (Å²) in [5, 5.41) is 2.89. The van der Waals surface area contributed by atoms with E-state index in [0.29, 0.717) is 6.54 Å². The fraction of sp³-hybridized carbons (Fsp3) is 0.250. The van der Waals surface area contributed by atoms with Gasteiger partial charge in [-0.3, -0.25) is 9.79 Å². The Morgan fingerprint density at radius 3 is 3.00 bits per heavy atom. The summed E-state index contributed by atoms with van der Waals surface area (Å²) in [5.74, 6) is 0. The van der Waals surface area contributed by atoms with Gasteiger partial charge in [-0.2, -0.15) is 0 Å². The van der Waals surface area contributed by atoms with Gasteiger partial charge >= 0.3 is 0 Å². The molecule has 0 amide bonds. The van der Waals surface area contributed by atoms with Gasteiger partial charge < -0.3 is 5.32 Å². The highest BCUT2D eigenvalue weighted by atomic mass is 16.1. The molecule has 11 heavy (non-hydrogen) atoms. The lowest BCUT2D eigenvalue weighted by molar-refractivity contribution is -0.104. The summed E-state index contributed by atoms with van der Waals surface area (Å²) in [6.45, 7) is 4.90. The second-order valence-corrected chi connectivity index (χ2v) is 1.74. The zero-order valence-electron chi connectivity index (χ0n) is 6.36. The molecule has 0 aliphatic carbocycles. The van der Waals surface area contributed by atoms with Gasteiger partial charge in [0.25, 0.3) is 0 Å². The molecule has 0 unspecified atom stereocenters. The van der Waals surface area contributed by atoms with Crippen molar-refractivity contribution in [1.29, 1.82) is 0 Å². The lowest BCUT2D eigenvalue weighted by atomic mass is 10.6. The molecule has 0 saturated heterocycles. The average Bonchev–Trinajstić information content (AvgIpc) is 2.03. The fourth-order valence-electron chi connectivity index (χ4n) is 0.469. The average molecular weight is 152 g/mol. The van der Waals surface area contributed by atoms with Crippen LogP contribution in [0.2, 0.25) is 0 Å². The smallest absolute Gasteiger partial charge is 0.144 e. The largest absolute Gasteiger partial charge is 0.389 e. The lowest BCUT2D eigenvalue weighted by Gasteiger charge is -1.93. The Labute approximate surface area is 66.5 Å². The predicted molar refractivity (Wildman–Crippen MR) is 46.8 cm³/mol. The SMILES string of the molecule is C=CC=NCCNC=CC=O. The first-order valence-electron chi connectivity index (χ1n) is 3.36. The van der Waals surface area contributed by atoms with Gasteiger partial charge in [-0.1, -0.05) is 12.7 Å². The number of carbonyl (C=O) groups excluding carboxylic acids is 1. The Kier molecular flexibility index (Phi) is 7.54. The molecule has 0 saturated carbocycles. The summed E-state index contributed by atoms with van der Waals surface area (Å²) in [7, 11) is 0. The monoisotopic (exact) mass is 152 g/mol. The highest BCUT2D eigenvalue weighted by Gasteiger charge is 1.75. The minimum Gasteiger partial charge on any atom is -0.389 e. The molecule has 0 aliphatic rings. The molecule has 0 rings (SSSR count). The fourth-order valence-corrected chi connectivity index (χ4v) is 0.469. The molecule has 3 heteroatoms. The van der Waals surface area contributed by atoms with Gasteiger partial charge in [0.15, 0.2) is 0 Å². The molecular formula is C8H12N2O. The van der Waals surface area contributed by atoms with Crippen molar-refractivity contribution < 1.29 is 4.79 Å². The van der Waals surface area contributed by atoms with E-state index in [1.54, 1.807) is 18.5 Å². The number of nitrogens with zero attached hydrogens (tertiary/aromatic N) is 1. The van der Waals surface area contributed by atoms with Crippen LogP contribution in [0.4, 0.5) is 0 Å². The Bertz CT molecular complexity index is 143. The van der Waals surface area contributed by atoms with Gasteiger partial charge in [0, 0.05) is 12.8 Å². The molecule has 60 valence electrons. The molecule has 0 atom stereocenters. The molecule has 0 aromatic heterocycles. The number of aldehydes is 1. The van der Waals surface area contributed by atoms with Crippen molar-refractivity contribution in [3.05, 3.63) is 24.9 Å². The van der Waals surface area contributed by atoms with Crippen molar-refractivity contribution in [3.63, 3.8) is 0 Å². The van der Waals surface area contributed by atoms with Gasteiger partial charge in [-0.05, 0) is 12.3 Å². The highest BCUT2D eigenvalue weighted by molar-refractivity contribution is 5.69. The van der Waals surface area contributed by atoms with Gasteiger partial charge in [0.05, 0.1) is 6.54 Å². The molecule has 0 aliphatic heterocycles. The lowest BCUT2D eigenvalue weighted by Crippen LogP contribution is -2.09. The molecule has 3 nitrogen and oxygen atoms in total. The van der Waals surface area contributed by atoms with Gasteiger partial charge in [0.2, 0.25) is 0 Å². The predicted octanol–water partition coefficient (Wildman–Crippen LogP) is 0.545. The maximum atomic E-state index is 9.77. The molecule has 0 spiro atoms. The van der Waals surface area contributed by atoms with Gasteiger partial charge in [0.1, 0.15) is 6.29 Å². The molecule has 0 heterocycles. The Balaban J connectivity index is 3.14. The molecule has 0 aromatic rings. The van der Waals surface area contributed by atoms with E-state index in [-0.39, 0.29) is 0 Å². The van der Waals surface area contributed by atoms with E-state index in [1.807, 2.05) is 0 Å². The number of aliphatic imine (C=N–C) groups is 1. The Morgan fingerprint density at radius 2 is 2.36 bits per heavy atom. The first-order valence-corrected chi connectivity index (χ1v) is 3.36. The number of hydrogen-bond donors (Lipinski definition) is 1. The quantitative estimate of drug-likeness (QED) is 0.261. The standard InChI is InChI=1S/C8H12N2O/c1-2-4-9-6-7-10-5-3-8-11/h2-5,8,10H,1,6-7H2. The van der Waals surface area contributed by atoms with Gasteiger partial charge in [-0.25, -0.2) is 0 Å². The van der Waals surface area contributed by atoms with Crippen LogP contribution in [0.5, 0.6) is 0 Å². The minimum absolute atomic E-state index is 0.690. The van der Waals surface area contributed by atoms with E-state index in [4.69, 9.17) is 0 Å². The molecular weight excluding hydrogens is 140 g/mol. The van der Waals surface area contributed by atoms with Crippen LogP contribution in [0.25, 0.3) is 0 Å². The number of nitrogens with one attached hydrogen (secondary N) is 1. The zero-order valence-corrected chi connectivity index (χ0v) is 6.36. The summed E-state index contributed by atoms with van der Waals surface area (Å²) in [6, 6.07) is 0. The maximum absolute atomic E-state index is 9.77. The molecule has 0 radical (unpaired) electrons. The maximum Gasteiger partial charge on any atom is 0.144 e. The van der Waals surface area contributed by atoms with Crippen molar-refractivity contribution in [2.24, 2.45) is 4.99 Å². The Hall–Kier alpha value is -1.38. The normalized spacial score (nSPS) is 10.5. The third-order valence-electron chi connectivity index (χ3n) is 0.889. The molecule has 0 fully saturated rings. The first-order chi connectivity index (χ1) is 5.41. The van der Waals surface area contributed by atoms with E-state index in [0.717, 1.165) is 12.8 Å². The van der Waals surface area contributed by atoms with E-state index >= 15 is 0 Å². The van der Waals surface area contributed by atoms with Crippen LogP contribution < -0.4 is 5.32 Å².